The van der Waals surface area contributed by atoms with E-state index in [4.69, 9.17) is 4.74 Å². The lowest BCUT2D eigenvalue weighted by molar-refractivity contribution is -0.116. The smallest absolute Gasteiger partial charge is 0.224 e. The largest absolute Gasteiger partial charge is 0.378 e. The Bertz CT molecular complexity index is 447. The molecule has 1 aliphatic rings. The Morgan fingerprint density at radius 2 is 2.05 bits per heavy atom. The molecule has 1 saturated heterocycles. The minimum Gasteiger partial charge on any atom is -0.378 e. The van der Waals surface area contributed by atoms with Gasteiger partial charge in [0, 0.05) is 24.3 Å². The number of carbonyl (C=O) groups excluding carboxylic acids is 2. The summed E-state index contributed by atoms with van der Waals surface area (Å²) in [6.45, 7) is 2.34. The van der Waals surface area contributed by atoms with Crippen molar-refractivity contribution < 1.29 is 14.3 Å². The number of hydrogen-bond donors (Lipinski definition) is 1. The van der Waals surface area contributed by atoms with Crippen molar-refractivity contribution in [2.24, 2.45) is 0 Å². The van der Waals surface area contributed by atoms with E-state index in [1.165, 1.54) is 6.92 Å². The highest BCUT2D eigenvalue weighted by molar-refractivity contribution is 5.95. The molecule has 0 bridgehead atoms. The Hall–Kier alpha value is -1.68. The molecule has 1 aliphatic heterocycles. The molecular formula is C15H19NO3. The van der Waals surface area contributed by atoms with E-state index in [2.05, 4.69) is 5.32 Å². The Morgan fingerprint density at radius 3 is 2.63 bits per heavy atom. The molecule has 1 aromatic rings. The summed E-state index contributed by atoms with van der Waals surface area (Å²) in [7, 11) is 0. The van der Waals surface area contributed by atoms with Crippen molar-refractivity contribution in [3.63, 3.8) is 0 Å². The van der Waals surface area contributed by atoms with Gasteiger partial charge in [-0.05, 0) is 50.5 Å². The fraction of sp³-hybridized carbons (Fsp3) is 0.467. The summed E-state index contributed by atoms with van der Waals surface area (Å²) in [4.78, 5) is 22.9. The molecule has 19 heavy (non-hydrogen) atoms. The maximum absolute atomic E-state index is 11.8. The minimum atomic E-state index is -0.00826. The summed E-state index contributed by atoms with van der Waals surface area (Å²) in [5, 5.41) is 2.83. The van der Waals surface area contributed by atoms with Gasteiger partial charge in [0.25, 0.3) is 0 Å². The van der Waals surface area contributed by atoms with Crippen LogP contribution < -0.4 is 5.32 Å². The number of benzene rings is 1. The first-order chi connectivity index (χ1) is 9.15. The van der Waals surface area contributed by atoms with Crippen LogP contribution in [0.25, 0.3) is 0 Å². The second-order valence-corrected chi connectivity index (χ2v) is 4.86. The molecule has 1 atom stereocenters. The molecule has 4 nitrogen and oxygen atoms in total. The van der Waals surface area contributed by atoms with Gasteiger partial charge < -0.3 is 10.1 Å². The van der Waals surface area contributed by atoms with E-state index in [0.29, 0.717) is 12.0 Å². The molecule has 0 unspecified atom stereocenters. The summed E-state index contributed by atoms with van der Waals surface area (Å²) in [5.41, 5.74) is 1.37. The van der Waals surface area contributed by atoms with Gasteiger partial charge in [-0.3, -0.25) is 9.59 Å². The van der Waals surface area contributed by atoms with Gasteiger partial charge in [0.05, 0.1) is 6.10 Å². The van der Waals surface area contributed by atoms with Crippen LogP contribution in [0.1, 0.15) is 43.0 Å². The van der Waals surface area contributed by atoms with E-state index in [1.807, 2.05) is 0 Å². The van der Waals surface area contributed by atoms with Crippen LogP contribution in [0, 0.1) is 0 Å². The van der Waals surface area contributed by atoms with Crippen molar-refractivity contribution in [3.05, 3.63) is 29.8 Å². The maximum Gasteiger partial charge on any atom is 0.224 e. The molecule has 0 aromatic heterocycles. The number of rotatable bonds is 5. The Kier molecular flexibility index (Phi) is 4.68. The van der Waals surface area contributed by atoms with Crippen molar-refractivity contribution in [2.75, 3.05) is 11.9 Å². The molecule has 0 radical (unpaired) electrons. The van der Waals surface area contributed by atoms with Crippen molar-refractivity contribution in [1.29, 1.82) is 0 Å². The molecule has 1 fully saturated rings. The van der Waals surface area contributed by atoms with E-state index in [9.17, 15) is 9.59 Å². The number of ketones is 1. The van der Waals surface area contributed by atoms with Crippen LogP contribution in [0.4, 0.5) is 5.69 Å². The summed E-state index contributed by atoms with van der Waals surface area (Å²) in [6.07, 6.45) is 3.64. The van der Waals surface area contributed by atoms with Gasteiger partial charge >= 0.3 is 0 Å². The number of ether oxygens (including phenoxy) is 1. The number of anilines is 1. The predicted molar refractivity (Wildman–Crippen MR) is 73.3 cm³/mol. The zero-order valence-electron chi connectivity index (χ0n) is 11.1. The molecule has 1 heterocycles. The Balaban J connectivity index is 1.79. The molecule has 1 amide bonds. The third-order valence-electron chi connectivity index (χ3n) is 3.29. The topological polar surface area (TPSA) is 55.4 Å². The summed E-state index contributed by atoms with van der Waals surface area (Å²) in [5.74, 6) is 0.0160. The summed E-state index contributed by atoms with van der Waals surface area (Å²) >= 11 is 0. The van der Waals surface area contributed by atoms with Crippen LogP contribution in [-0.4, -0.2) is 24.4 Å². The van der Waals surface area contributed by atoms with E-state index in [0.717, 1.165) is 31.6 Å². The maximum atomic E-state index is 11.8. The van der Waals surface area contributed by atoms with Gasteiger partial charge in [-0.15, -0.1) is 0 Å². The minimum absolute atomic E-state index is 0.00826. The first kappa shape index (κ1) is 13.7. The molecule has 102 valence electrons. The number of carbonyl (C=O) groups is 2. The first-order valence-corrected chi connectivity index (χ1v) is 6.67. The average Bonchev–Trinajstić information content (AvgIpc) is 2.90. The van der Waals surface area contributed by atoms with Crippen molar-refractivity contribution in [2.45, 2.75) is 38.7 Å². The van der Waals surface area contributed by atoms with Gasteiger partial charge in [-0.1, -0.05) is 0 Å². The molecule has 0 spiro atoms. The van der Waals surface area contributed by atoms with Crippen LogP contribution in [-0.2, 0) is 9.53 Å². The zero-order valence-corrected chi connectivity index (χ0v) is 11.1. The number of amides is 1. The van der Waals surface area contributed by atoms with Gasteiger partial charge in [-0.2, -0.15) is 0 Å². The van der Waals surface area contributed by atoms with Crippen molar-refractivity contribution >= 4 is 17.4 Å². The molecule has 1 N–H and O–H groups in total. The van der Waals surface area contributed by atoms with Crippen LogP contribution in [0.15, 0.2) is 24.3 Å². The van der Waals surface area contributed by atoms with Crippen LogP contribution in [0.5, 0.6) is 0 Å². The summed E-state index contributed by atoms with van der Waals surface area (Å²) < 4.78 is 5.48. The van der Waals surface area contributed by atoms with Gasteiger partial charge in [0.1, 0.15) is 0 Å². The molecule has 0 aliphatic carbocycles. The third kappa shape index (κ3) is 4.17. The normalized spacial score (nSPS) is 18.3. The second-order valence-electron chi connectivity index (χ2n) is 4.86. The SMILES string of the molecule is CC(=O)c1ccc(NC(=O)CC[C@@H]2CCCO2)cc1. The lowest BCUT2D eigenvalue weighted by atomic mass is 10.1. The number of hydrogen-bond acceptors (Lipinski definition) is 3. The lowest BCUT2D eigenvalue weighted by Gasteiger charge is -2.09. The van der Waals surface area contributed by atoms with Crippen LogP contribution >= 0.6 is 0 Å². The van der Waals surface area contributed by atoms with E-state index in [-0.39, 0.29) is 17.8 Å². The number of Topliss-reactive ketones (excluding diaryl/α,β-unsaturated/α-hetero) is 1. The Morgan fingerprint density at radius 1 is 1.32 bits per heavy atom. The highest BCUT2D eigenvalue weighted by atomic mass is 16.5. The van der Waals surface area contributed by atoms with Gasteiger partial charge in [0.2, 0.25) is 5.91 Å². The van der Waals surface area contributed by atoms with E-state index < -0.39 is 0 Å². The molecule has 4 heteroatoms. The second kappa shape index (κ2) is 6.48. The van der Waals surface area contributed by atoms with E-state index in [1.54, 1.807) is 24.3 Å². The third-order valence-corrected chi connectivity index (χ3v) is 3.29. The summed E-state index contributed by atoms with van der Waals surface area (Å²) in [6, 6.07) is 6.94. The van der Waals surface area contributed by atoms with Crippen LogP contribution in [0.3, 0.4) is 0 Å². The van der Waals surface area contributed by atoms with Crippen LogP contribution in [0.2, 0.25) is 0 Å². The molecule has 1 aromatic carbocycles. The Labute approximate surface area is 113 Å². The monoisotopic (exact) mass is 261 g/mol. The predicted octanol–water partition coefficient (Wildman–Crippen LogP) is 2.79. The zero-order chi connectivity index (χ0) is 13.7. The lowest BCUT2D eigenvalue weighted by Crippen LogP contribution is -2.15. The standard InChI is InChI=1S/C15H19NO3/c1-11(17)12-4-6-13(7-5-12)16-15(18)9-8-14-3-2-10-19-14/h4-7,14H,2-3,8-10H2,1H3,(H,16,18)/t14-/m0/s1. The highest BCUT2D eigenvalue weighted by Gasteiger charge is 2.16. The average molecular weight is 261 g/mol. The molecule has 2 rings (SSSR count). The van der Waals surface area contributed by atoms with Crippen molar-refractivity contribution in [1.82, 2.24) is 0 Å². The van der Waals surface area contributed by atoms with Gasteiger partial charge in [-0.25, -0.2) is 0 Å². The number of nitrogens with one attached hydrogen (secondary N) is 1. The first-order valence-electron chi connectivity index (χ1n) is 6.67. The van der Waals surface area contributed by atoms with E-state index >= 15 is 0 Å². The fourth-order valence-corrected chi connectivity index (χ4v) is 2.18. The molecule has 0 saturated carbocycles. The quantitative estimate of drug-likeness (QED) is 0.829. The molecular weight excluding hydrogens is 242 g/mol. The van der Waals surface area contributed by atoms with Crippen molar-refractivity contribution in [3.8, 4) is 0 Å². The fourth-order valence-electron chi connectivity index (χ4n) is 2.18. The van der Waals surface area contributed by atoms with Gasteiger partial charge in [0.15, 0.2) is 5.78 Å². The highest BCUT2D eigenvalue weighted by Crippen LogP contribution is 2.17.